The van der Waals surface area contributed by atoms with Crippen LogP contribution in [0.15, 0.2) is 0 Å². The van der Waals surface area contributed by atoms with Crippen LogP contribution in [0.2, 0.25) is 0 Å². The fourth-order valence-corrected chi connectivity index (χ4v) is 2.76. The molecule has 1 aliphatic rings. The molecule has 21 heavy (non-hydrogen) atoms. The van der Waals surface area contributed by atoms with Gasteiger partial charge in [-0.25, -0.2) is 4.79 Å². The van der Waals surface area contributed by atoms with Gasteiger partial charge in [0, 0.05) is 26.1 Å². The van der Waals surface area contributed by atoms with E-state index in [1.165, 1.54) is 6.42 Å². The minimum absolute atomic E-state index is 0.0150. The van der Waals surface area contributed by atoms with Gasteiger partial charge in [-0.1, -0.05) is 6.92 Å². The van der Waals surface area contributed by atoms with Crippen molar-refractivity contribution in [3.63, 3.8) is 0 Å². The van der Waals surface area contributed by atoms with Crippen LogP contribution in [0.5, 0.6) is 0 Å². The summed E-state index contributed by atoms with van der Waals surface area (Å²) in [5.41, 5.74) is 0. The number of nitrogens with one attached hydrogen (secondary N) is 2. The lowest BCUT2D eigenvalue weighted by Crippen LogP contribution is -2.47. The third-order valence-electron chi connectivity index (χ3n) is 4.06. The highest BCUT2D eigenvalue weighted by Gasteiger charge is 2.22. The van der Waals surface area contributed by atoms with Gasteiger partial charge in [0.25, 0.3) is 0 Å². The van der Waals surface area contributed by atoms with Gasteiger partial charge in [-0.3, -0.25) is 4.79 Å². The molecule has 2 unspecified atom stereocenters. The topological polar surface area (TPSA) is 81.7 Å². The molecule has 1 fully saturated rings. The summed E-state index contributed by atoms with van der Waals surface area (Å²) in [6.07, 6.45) is 3.94. The van der Waals surface area contributed by atoms with Crippen LogP contribution < -0.4 is 10.6 Å². The van der Waals surface area contributed by atoms with E-state index in [0.29, 0.717) is 24.8 Å². The Hall–Kier alpha value is -1.30. The van der Waals surface area contributed by atoms with Crippen LogP contribution in [0, 0.1) is 11.8 Å². The minimum Gasteiger partial charge on any atom is -0.481 e. The SMILES string of the molecule is CNCC1CCCN(C(=O)NCCC(C)CCC(=O)O)C1. The monoisotopic (exact) mass is 299 g/mol. The first kappa shape index (κ1) is 17.8. The summed E-state index contributed by atoms with van der Waals surface area (Å²) >= 11 is 0. The molecule has 1 rings (SSSR count). The summed E-state index contributed by atoms with van der Waals surface area (Å²) in [4.78, 5) is 24.5. The average molecular weight is 299 g/mol. The van der Waals surface area contributed by atoms with Gasteiger partial charge < -0.3 is 20.6 Å². The molecule has 0 aliphatic carbocycles. The average Bonchev–Trinajstić information content (AvgIpc) is 2.45. The number of hydrogen-bond donors (Lipinski definition) is 3. The number of likely N-dealkylation sites (tertiary alicyclic amines) is 1. The number of piperidine rings is 1. The van der Waals surface area contributed by atoms with E-state index in [-0.39, 0.29) is 12.5 Å². The summed E-state index contributed by atoms with van der Waals surface area (Å²) in [5, 5.41) is 14.8. The molecule has 0 spiro atoms. The lowest BCUT2D eigenvalue weighted by molar-refractivity contribution is -0.137. The van der Waals surface area contributed by atoms with Crippen LogP contribution in [0.1, 0.15) is 39.0 Å². The zero-order chi connectivity index (χ0) is 15.7. The summed E-state index contributed by atoms with van der Waals surface area (Å²) < 4.78 is 0. The van der Waals surface area contributed by atoms with Crippen molar-refractivity contribution in [2.24, 2.45) is 11.8 Å². The van der Waals surface area contributed by atoms with Crippen molar-refractivity contribution < 1.29 is 14.7 Å². The van der Waals surface area contributed by atoms with Crippen molar-refractivity contribution in [1.82, 2.24) is 15.5 Å². The first-order valence-electron chi connectivity index (χ1n) is 7.92. The highest BCUT2D eigenvalue weighted by atomic mass is 16.4. The van der Waals surface area contributed by atoms with E-state index in [1.54, 1.807) is 0 Å². The zero-order valence-electron chi connectivity index (χ0n) is 13.2. The van der Waals surface area contributed by atoms with E-state index in [9.17, 15) is 9.59 Å². The van der Waals surface area contributed by atoms with E-state index in [4.69, 9.17) is 5.11 Å². The molecule has 0 aromatic rings. The number of aliphatic carboxylic acids is 1. The third-order valence-corrected chi connectivity index (χ3v) is 4.06. The number of nitrogens with zero attached hydrogens (tertiary/aromatic N) is 1. The molecular formula is C15H29N3O3. The van der Waals surface area contributed by atoms with E-state index < -0.39 is 5.97 Å². The van der Waals surface area contributed by atoms with Gasteiger partial charge >= 0.3 is 12.0 Å². The number of rotatable bonds is 8. The molecule has 0 bridgehead atoms. The molecule has 122 valence electrons. The van der Waals surface area contributed by atoms with Gasteiger partial charge in [0.15, 0.2) is 0 Å². The molecule has 0 aromatic carbocycles. The number of carbonyl (C=O) groups excluding carboxylic acids is 1. The van der Waals surface area contributed by atoms with Gasteiger partial charge in [-0.05, 0) is 51.1 Å². The second-order valence-electron chi connectivity index (χ2n) is 6.07. The highest BCUT2D eigenvalue weighted by Crippen LogP contribution is 2.15. The largest absolute Gasteiger partial charge is 0.481 e. The maximum absolute atomic E-state index is 12.1. The molecule has 3 N–H and O–H groups in total. The van der Waals surface area contributed by atoms with Crippen LogP contribution in [0.25, 0.3) is 0 Å². The second kappa shape index (κ2) is 9.60. The predicted molar refractivity (Wildman–Crippen MR) is 82.3 cm³/mol. The van der Waals surface area contributed by atoms with Crippen molar-refractivity contribution in [2.45, 2.75) is 39.0 Å². The molecule has 2 amide bonds. The molecule has 1 heterocycles. The molecule has 6 nitrogen and oxygen atoms in total. The molecular weight excluding hydrogens is 270 g/mol. The van der Waals surface area contributed by atoms with E-state index in [0.717, 1.165) is 32.5 Å². The smallest absolute Gasteiger partial charge is 0.317 e. The number of carboxylic acid groups (broad SMARTS) is 1. The lowest BCUT2D eigenvalue weighted by atomic mass is 9.98. The van der Waals surface area contributed by atoms with Crippen LogP contribution in [-0.2, 0) is 4.79 Å². The van der Waals surface area contributed by atoms with Crippen molar-refractivity contribution in [3.05, 3.63) is 0 Å². The first-order valence-corrected chi connectivity index (χ1v) is 7.92. The quantitative estimate of drug-likeness (QED) is 0.634. The predicted octanol–water partition coefficient (Wildman–Crippen LogP) is 1.52. The Labute approximate surface area is 127 Å². The summed E-state index contributed by atoms with van der Waals surface area (Å²) in [7, 11) is 1.94. The lowest BCUT2D eigenvalue weighted by Gasteiger charge is -2.32. The summed E-state index contributed by atoms with van der Waals surface area (Å²) in [5.74, 6) is 0.110. The maximum atomic E-state index is 12.1. The standard InChI is InChI=1S/C15H29N3O3/c1-12(5-6-14(19)20)7-8-17-15(21)18-9-3-4-13(11-18)10-16-2/h12-13,16H,3-11H2,1-2H3,(H,17,21)(H,19,20). The molecule has 0 aromatic heterocycles. The van der Waals surface area contributed by atoms with Gasteiger partial charge in [0.2, 0.25) is 0 Å². The van der Waals surface area contributed by atoms with Crippen LogP contribution in [0.3, 0.4) is 0 Å². The maximum Gasteiger partial charge on any atom is 0.317 e. The molecule has 6 heteroatoms. The fourth-order valence-electron chi connectivity index (χ4n) is 2.76. The Bertz CT molecular complexity index is 334. The van der Waals surface area contributed by atoms with Crippen molar-refractivity contribution in [2.75, 3.05) is 33.2 Å². The van der Waals surface area contributed by atoms with Crippen LogP contribution in [-0.4, -0.2) is 55.2 Å². The van der Waals surface area contributed by atoms with Gasteiger partial charge in [0.1, 0.15) is 0 Å². The Morgan fingerprint density at radius 1 is 1.38 bits per heavy atom. The Balaban J connectivity index is 2.19. The van der Waals surface area contributed by atoms with Crippen LogP contribution in [0.4, 0.5) is 4.79 Å². The number of amides is 2. The molecule has 2 atom stereocenters. The van der Waals surface area contributed by atoms with Gasteiger partial charge in [0.05, 0.1) is 0 Å². The first-order chi connectivity index (χ1) is 10.0. The highest BCUT2D eigenvalue weighted by molar-refractivity contribution is 5.74. The normalized spacial score (nSPS) is 20.1. The number of hydrogen-bond acceptors (Lipinski definition) is 3. The van der Waals surface area contributed by atoms with Crippen molar-refractivity contribution in [3.8, 4) is 0 Å². The Morgan fingerprint density at radius 2 is 2.14 bits per heavy atom. The summed E-state index contributed by atoms with van der Waals surface area (Å²) in [6.45, 7) is 5.25. The zero-order valence-corrected chi connectivity index (χ0v) is 13.2. The van der Waals surface area contributed by atoms with E-state index >= 15 is 0 Å². The molecule has 1 saturated heterocycles. The summed E-state index contributed by atoms with van der Waals surface area (Å²) in [6, 6.07) is 0.0150. The number of urea groups is 1. The van der Waals surface area contributed by atoms with Gasteiger partial charge in [-0.15, -0.1) is 0 Å². The van der Waals surface area contributed by atoms with Gasteiger partial charge in [-0.2, -0.15) is 0 Å². The Morgan fingerprint density at radius 3 is 2.81 bits per heavy atom. The Kier molecular flexibility index (Phi) is 8.12. The van der Waals surface area contributed by atoms with E-state index in [2.05, 4.69) is 10.6 Å². The van der Waals surface area contributed by atoms with E-state index in [1.807, 2.05) is 18.9 Å². The third kappa shape index (κ3) is 7.32. The van der Waals surface area contributed by atoms with Crippen molar-refractivity contribution >= 4 is 12.0 Å². The molecule has 0 saturated carbocycles. The minimum atomic E-state index is -0.755. The second-order valence-corrected chi connectivity index (χ2v) is 6.07. The van der Waals surface area contributed by atoms with Crippen LogP contribution >= 0.6 is 0 Å². The number of carboxylic acids is 1. The fraction of sp³-hybridized carbons (Fsp3) is 0.867. The molecule has 0 radical (unpaired) electrons. The molecule has 1 aliphatic heterocycles. The van der Waals surface area contributed by atoms with Crippen molar-refractivity contribution in [1.29, 1.82) is 0 Å². The number of carbonyl (C=O) groups is 2.